The van der Waals surface area contributed by atoms with E-state index in [1.54, 1.807) is 29.3 Å². The van der Waals surface area contributed by atoms with Crippen molar-refractivity contribution in [2.75, 3.05) is 5.32 Å². The molecule has 0 saturated heterocycles. The van der Waals surface area contributed by atoms with Crippen LogP contribution in [0.5, 0.6) is 0 Å². The van der Waals surface area contributed by atoms with Crippen LogP contribution in [0.15, 0.2) is 23.1 Å². The number of nitrogens with zero attached hydrogens (tertiary/aromatic N) is 4. The fourth-order valence-electron chi connectivity index (χ4n) is 7.15. The van der Waals surface area contributed by atoms with Crippen molar-refractivity contribution in [2.45, 2.75) is 56.6 Å². The molecule has 2 heterocycles. The van der Waals surface area contributed by atoms with Crippen LogP contribution in [0.25, 0.3) is 11.2 Å². The first kappa shape index (κ1) is 21.3. The van der Waals surface area contributed by atoms with Crippen LogP contribution in [0, 0.1) is 24.6 Å². The molecule has 4 aliphatic carbocycles. The Morgan fingerprint density at radius 2 is 1.97 bits per heavy atom. The number of amides is 1. The van der Waals surface area contributed by atoms with Crippen LogP contribution in [0.4, 0.5) is 16.0 Å². The molecule has 4 N–H and O–H groups in total. The summed E-state index contributed by atoms with van der Waals surface area (Å²) in [5.74, 6) is -0.551. The number of rotatable bonds is 4. The highest BCUT2D eigenvalue weighted by Crippen LogP contribution is 2.60. The van der Waals surface area contributed by atoms with Crippen LogP contribution >= 0.6 is 0 Å². The normalized spacial score (nSPS) is 29.6. The third-order valence-corrected chi connectivity index (χ3v) is 8.10. The van der Waals surface area contributed by atoms with Crippen molar-refractivity contribution in [2.24, 2.45) is 24.6 Å². The summed E-state index contributed by atoms with van der Waals surface area (Å²) in [6.07, 6.45) is 6.57. The molecule has 7 rings (SSSR count). The summed E-state index contributed by atoms with van der Waals surface area (Å²) in [5.41, 5.74) is 5.80. The summed E-state index contributed by atoms with van der Waals surface area (Å²) in [5, 5.41) is 14.3. The van der Waals surface area contributed by atoms with Gasteiger partial charge in [0.25, 0.3) is 5.91 Å². The molecule has 2 atom stereocenters. The number of fused-ring (bicyclic) bond motifs is 1. The summed E-state index contributed by atoms with van der Waals surface area (Å²) in [7, 11) is 1.70. The highest BCUT2D eigenvalue weighted by molar-refractivity contribution is 5.94. The monoisotopic (exact) mass is 466 g/mol. The zero-order valence-corrected chi connectivity index (χ0v) is 19.1. The van der Waals surface area contributed by atoms with Crippen LogP contribution < -0.4 is 16.7 Å². The van der Waals surface area contributed by atoms with Crippen molar-refractivity contribution in [3.63, 3.8) is 0 Å². The highest BCUT2D eigenvalue weighted by Gasteiger charge is 2.59. The Morgan fingerprint density at radius 3 is 2.62 bits per heavy atom. The Balaban J connectivity index is 1.45. The number of aliphatic hydroxyl groups is 1. The lowest BCUT2D eigenvalue weighted by Gasteiger charge is -2.60. The molecule has 2 aromatic heterocycles. The minimum Gasteiger partial charge on any atom is -0.390 e. The van der Waals surface area contributed by atoms with E-state index < -0.39 is 22.9 Å². The summed E-state index contributed by atoms with van der Waals surface area (Å²) in [4.78, 5) is 33.9. The summed E-state index contributed by atoms with van der Waals surface area (Å²) < 4.78 is 17.7. The molecule has 4 aliphatic rings. The molecule has 10 heteroatoms. The number of primary amides is 1. The smallest absolute Gasteiger partial charge is 0.330 e. The maximum atomic E-state index is 14.4. The molecule has 9 nitrogen and oxygen atoms in total. The molecule has 34 heavy (non-hydrogen) atoms. The molecule has 3 aromatic rings. The van der Waals surface area contributed by atoms with Crippen molar-refractivity contribution in [1.82, 2.24) is 19.1 Å². The van der Waals surface area contributed by atoms with Gasteiger partial charge in [0, 0.05) is 12.7 Å². The second-order valence-electron chi connectivity index (χ2n) is 10.6. The highest BCUT2D eigenvalue weighted by atomic mass is 19.1. The van der Waals surface area contributed by atoms with Gasteiger partial charge in [-0.2, -0.15) is 4.98 Å². The molecule has 178 valence electrons. The fourth-order valence-corrected chi connectivity index (χ4v) is 7.15. The van der Waals surface area contributed by atoms with Crippen LogP contribution in [-0.2, 0) is 12.6 Å². The molecule has 4 saturated carbocycles. The lowest BCUT2D eigenvalue weighted by atomic mass is 9.51. The lowest BCUT2D eigenvalue weighted by Crippen LogP contribution is -2.61. The molecule has 0 radical (unpaired) electrons. The van der Waals surface area contributed by atoms with Gasteiger partial charge < -0.3 is 16.2 Å². The Kier molecular flexibility index (Phi) is 4.30. The molecule has 1 amide bonds. The standard InChI is InChI=1S/C24H27FN6O3/c1-12-3-15(19(26)32)16(25)5-17(12)28-21-27-10-18-20(29-21)31(22(33)30(18)2)23-6-13-4-14(7-23)9-24(34,8-13)11-23/h3,5,10,13-14,34H,4,6-9,11H2,1-2H3,(H2,26,32)(H,27,28,29). The van der Waals surface area contributed by atoms with Crippen molar-refractivity contribution in [3.8, 4) is 0 Å². The number of hydrogen-bond donors (Lipinski definition) is 3. The summed E-state index contributed by atoms with van der Waals surface area (Å²) in [6, 6.07) is 2.57. The van der Waals surface area contributed by atoms with Gasteiger partial charge in [0.2, 0.25) is 5.95 Å². The molecular formula is C24H27FN6O3. The first-order chi connectivity index (χ1) is 16.1. The third kappa shape index (κ3) is 3.01. The number of nitrogens with one attached hydrogen (secondary N) is 1. The SMILES string of the molecule is Cc1cc(C(N)=O)c(F)cc1Nc1ncc2c(n1)n(C13CC4CC(CC(O)(C4)C1)C3)c(=O)n2C. The second-order valence-corrected chi connectivity index (χ2v) is 10.6. The van der Waals surface area contributed by atoms with Gasteiger partial charge in [-0.1, -0.05) is 0 Å². The predicted octanol–water partition coefficient (Wildman–Crippen LogP) is 2.46. The molecule has 0 spiro atoms. The number of aryl methyl sites for hydroxylation is 2. The van der Waals surface area contributed by atoms with Gasteiger partial charge in [-0.15, -0.1) is 0 Å². The summed E-state index contributed by atoms with van der Waals surface area (Å²) >= 11 is 0. The topological polar surface area (TPSA) is 128 Å². The fraction of sp³-hybridized carbons (Fsp3) is 0.500. The number of hydrogen-bond acceptors (Lipinski definition) is 6. The average molecular weight is 467 g/mol. The van der Waals surface area contributed by atoms with E-state index >= 15 is 0 Å². The number of anilines is 2. The number of nitrogens with two attached hydrogens (primary N) is 1. The Labute approximate surface area is 194 Å². The van der Waals surface area contributed by atoms with Gasteiger partial charge in [0.05, 0.1) is 22.9 Å². The minimum atomic E-state index is -0.838. The second kappa shape index (κ2) is 6.88. The third-order valence-electron chi connectivity index (χ3n) is 8.10. The van der Waals surface area contributed by atoms with Crippen LogP contribution in [-0.4, -0.2) is 35.7 Å². The average Bonchev–Trinajstić information content (AvgIpc) is 2.98. The number of imidazole rings is 1. The largest absolute Gasteiger partial charge is 0.390 e. The van der Waals surface area contributed by atoms with E-state index in [1.807, 2.05) is 0 Å². The van der Waals surface area contributed by atoms with Gasteiger partial charge in [0.15, 0.2) is 5.65 Å². The predicted molar refractivity (Wildman–Crippen MR) is 123 cm³/mol. The molecule has 4 fully saturated rings. The van der Waals surface area contributed by atoms with Gasteiger partial charge in [0.1, 0.15) is 11.3 Å². The first-order valence-electron chi connectivity index (χ1n) is 11.6. The van der Waals surface area contributed by atoms with E-state index in [-0.39, 0.29) is 17.2 Å². The van der Waals surface area contributed by atoms with E-state index in [4.69, 9.17) is 5.73 Å². The van der Waals surface area contributed by atoms with Crippen LogP contribution in [0.1, 0.15) is 54.4 Å². The zero-order valence-electron chi connectivity index (χ0n) is 19.1. The minimum absolute atomic E-state index is 0.167. The summed E-state index contributed by atoms with van der Waals surface area (Å²) in [6.45, 7) is 1.72. The number of aromatic nitrogens is 4. The molecule has 1 aromatic carbocycles. The van der Waals surface area contributed by atoms with Crippen LogP contribution in [0.2, 0.25) is 0 Å². The van der Waals surface area contributed by atoms with E-state index in [0.29, 0.717) is 40.7 Å². The van der Waals surface area contributed by atoms with E-state index in [1.165, 1.54) is 12.1 Å². The maximum absolute atomic E-state index is 14.4. The van der Waals surface area contributed by atoms with Crippen LogP contribution in [0.3, 0.4) is 0 Å². The quantitative estimate of drug-likeness (QED) is 0.542. The van der Waals surface area contributed by atoms with E-state index in [2.05, 4.69) is 15.3 Å². The maximum Gasteiger partial charge on any atom is 0.330 e. The Morgan fingerprint density at radius 1 is 1.26 bits per heavy atom. The molecular weight excluding hydrogens is 439 g/mol. The number of carbonyl (C=O) groups is 1. The van der Waals surface area contributed by atoms with Gasteiger partial charge in [-0.3, -0.25) is 13.9 Å². The first-order valence-corrected chi connectivity index (χ1v) is 11.6. The number of benzene rings is 1. The van der Waals surface area contributed by atoms with Gasteiger partial charge >= 0.3 is 5.69 Å². The van der Waals surface area contributed by atoms with Crippen molar-refractivity contribution >= 4 is 28.7 Å². The van der Waals surface area contributed by atoms with Crippen molar-refractivity contribution in [1.29, 1.82) is 0 Å². The van der Waals surface area contributed by atoms with Crippen molar-refractivity contribution < 1.29 is 14.3 Å². The van der Waals surface area contributed by atoms with E-state index in [9.17, 15) is 19.1 Å². The molecule has 2 unspecified atom stereocenters. The van der Waals surface area contributed by atoms with E-state index in [0.717, 1.165) is 32.1 Å². The van der Waals surface area contributed by atoms with Gasteiger partial charge in [-0.05, 0) is 75.0 Å². The Hall–Kier alpha value is -3.27. The van der Waals surface area contributed by atoms with Gasteiger partial charge in [-0.25, -0.2) is 14.2 Å². The molecule has 0 aliphatic heterocycles. The lowest BCUT2D eigenvalue weighted by molar-refractivity contribution is -0.156. The van der Waals surface area contributed by atoms with Crippen molar-refractivity contribution in [3.05, 3.63) is 45.8 Å². The number of halogens is 1. The number of carbonyl (C=O) groups excluding carboxylic acids is 1. The molecule has 4 bridgehead atoms. The Bertz CT molecular complexity index is 1410. The zero-order chi connectivity index (χ0) is 24.0.